The minimum absolute atomic E-state index is 0.0537. The molecule has 2 heterocycles. The van der Waals surface area contributed by atoms with Gasteiger partial charge in [-0.05, 0) is 74.8 Å². The second-order valence-corrected chi connectivity index (χ2v) is 8.52. The van der Waals surface area contributed by atoms with Gasteiger partial charge in [0.05, 0.1) is 18.8 Å². The number of nitrogens with one attached hydrogen (secondary N) is 1. The molecule has 0 radical (unpaired) electrons. The van der Waals surface area contributed by atoms with Crippen LogP contribution in [0.4, 0.5) is 0 Å². The van der Waals surface area contributed by atoms with Crippen molar-refractivity contribution >= 4 is 5.91 Å². The maximum atomic E-state index is 12.6. The largest absolute Gasteiger partial charge is 0.394 e. The van der Waals surface area contributed by atoms with E-state index in [0.717, 1.165) is 63.1 Å². The van der Waals surface area contributed by atoms with Crippen LogP contribution in [0.25, 0.3) is 0 Å². The van der Waals surface area contributed by atoms with Crippen LogP contribution in [0.1, 0.15) is 52.0 Å². The molecule has 1 saturated heterocycles. The summed E-state index contributed by atoms with van der Waals surface area (Å²) in [6.45, 7) is 6.37. The first-order chi connectivity index (χ1) is 14.1. The summed E-state index contributed by atoms with van der Waals surface area (Å²) in [6, 6.07) is 6.18. The number of benzene rings is 1. The van der Waals surface area contributed by atoms with Crippen molar-refractivity contribution in [1.29, 1.82) is 0 Å². The van der Waals surface area contributed by atoms with E-state index >= 15 is 0 Å². The Bertz CT molecular complexity index is 861. The van der Waals surface area contributed by atoms with Gasteiger partial charge in [-0.2, -0.15) is 5.10 Å². The second kappa shape index (κ2) is 9.09. The Morgan fingerprint density at radius 1 is 1.28 bits per heavy atom. The molecule has 156 valence electrons. The molecule has 1 aromatic carbocycles. The molecule has 0 bridgehead atoms. The fourth-order valence-corrected chi connectivity index (χ4v) is 4.69. The molecule has 1 aliphatic heterocycles. The third kappa shape index (κ3) is 4.87. The highest BCUT2D eigenvalue weighted by atomic mass is 16.3. The van der Waals surface area contributed by atoms with Crippen molar-refractivity contribution in [3.05, 3.63) is 52.3 Å². The lowest BCUT2D eigenvalue weighted by atomic mass is 9.97. The van der Waals surface area contributed by atoms with Gasteiger partial charge < -0.3 is 10.4 Å². The molecule has 2 aromatic rings. The number of fused-ring (bicyclic) bond motifs is 1. The summed E-state index contributed by atoms with van der Waals surface area (Å²) in [4.78, 5) is 15.1. The zero-order valence-electron chi connectivity index (χ0n) is 17.4. The molecule has 1 unspecified atom stereocenters. The molecule has 1 amide bonds. The number of aliphatic hydroxyl groups is 1. The third-order valence-corrected chi connectivity index (χ3v) is 6.29. The Kier molecular flexibility index (Phi) is 6.31. The molecular formula is C23H32N4O2. The van der Waals surface area contributed by atoms with E-state index in [-0.39, 0.29) is 12.5 Å². The van der Waals surface area contributed by atoms with E-state index in [1.54, 1.807) is 0 Å². The number of nitrogens with zero attached hydrogens (tertiary/aromatic N) is 3. The zero-order valence-corrected chi connectivity index (χ0v) is 17.4. The third-order valence-electron chi connectivity index (χ3n) is 6.29. The molecule has 2 N–H and O–H groups in total. The van der Waals surface area contributed by atoms with E-state index in [9.17, 15) is 4.79 Å². The first-order valence-electron chi connectivity index (χ1n) is 10.9. The van der Waals surface area contributed by atoms with E-state index in [2.05, 4.69) is 27.4 Å². The highest BCUT2D eigenvalue weighted by Gasteiger charge is 2.22. The molecule has 1 fully saturated rings. The number of amides is 1. The molecular weight excluding hydrogens is 364 g/mol. The van der Waals surface area contributed by atoms with Crippen molar-refractivity contribution in [2.24, 2.45) is 5.92 Å². The first-order valence-corrected chi connectivity index (χ1v) is 10.9. The number of aliphatic hydroxyl groups excluding tert-OH is 1. The Labute approximate surface area is 172 Å². The standard InChI is InChI=1S/C23H32N4O2/c1-17-22(16-27(25-17)10-11-28)15-26-9-3-4-18(14-26)13-24-23(29)21-8-7-19-5-2-6-20(19)12-21/h7-8,12,16,18,28H,2-6,9-11,13-15H2,1H3,(H,24,29). The number of hydrogen-bond donors (Lipinski definition) is 2. The van der Waals surface area contributed by atoms with Crippen molar-refractivity contribution in [2.75, 3.05) is 26.2 Å². The lowest BCUT2D eigenvalue weighted by Crippen LogP contribution is -2.40. The second-order valence-electron chi connectivity index (χ2n) is 8.52. The van der Waals surface area contributed by atoms with Gasteiger partial charge >= 0.3 is 0 Å². The number of likely N-dealkylation sites (tertiary alicyclic amines) is 1. The maximum Gasteiger partial charge on any atom is 0.251 e. The Morgan fingerprint density at radius 2 is 2.14 bits per heavy atom. The molecule has 6 nitrogen and oxygen atoms in total. The number of aryl methyl sites for hydroxylation is 3. The number of carbonyl (C=O) groups is 1. The van der Waals surface area contributed by atoms with Crippen molar-refractivity contribution in [3.63, 3.8) is 0 Å². The van der Waals surface area contributed by atoms with Crippen molar-refractivity contribution in [1.82, 2.24) is 20.0 Å². The van der Waals surface area contributed by atoms with E-state index in [4.69, 9.17) is 5.11 Å². The van der Waals surface area contributed by atoms with Gasteiger partial charge in [-0.3, -0.25) is 14.4 Å². The van der Waals surface area contributed by atoms with Crippen LogP contribution in [-0.2, 0) is 25.9 Å². The monoisotopic (exact) mass is 396 g/mol. The van der Waals surface area contributed by atoms with Crippen molar-refractivity contribution < 1.29 is 9.90 Å². The van der Waals surface area contributed by atoms with Gasteiger partial charge in [-0.1, -0.05) is 6.07 Å². The lowest BCUT2D eigenvalue weighted by molar-refractivity contribution is 0.0930. The molecule has 2 aliphatic rings. The summed E-state index contributed by atoms with van der Waals surface area (Å²) in [5.41, 5.74) is 5.80. The minimum Gasteiger partial charge on any atom is -0.394 e. The van der Waals surface area contributed by atoms with Crippen LogP contribution in [0.15, 0.2) is 24.4 Å². The van der Waals surface area contributed by atoms with Crippen LogP contribution in [0.2, 0.25) is 0 Å². The average Bonchev–Trinajstić information content (AvgIpc) is 3.32. The smallest absolute Gasteiger partial charge is 0.251 e. The molecule has 0 spiro atoms. The minimum atomic E-state index is 0.0537. The van der Waals surface area contributed by atoms with Crippen LogP contribution >= 0.6 is 0 Å². The molecule has 1 atom stereocenters. The predicted molar refractivity (Wildman–Crippen MR) is 113 cm³/mol. The molecule has 1 aliphatic carbocycles. The summed E-state index contributed by atoms with van der Waals surface area (Å²) in [5.74, 6) is 0.535. The quantitative estimate of drug-likeness (QED) is 0.754. The van der Waals surface area contributed by atoms with Crippen LogP contribution in [0.3, 0.4) is 0 Å². The summed E-state index contributed by atoms with van der Waals surface area (Å²) >= 11 is 0. The van der Waals surface area contributed by atoms with E-state index in [1.165, 1.54) is 23.1 Å². The Hall–Kier alpha value is -2.18. The topological polar surface area (TPSA) is 70.4 Å². The summed E-state index contributed by atoms with van der Waals surface area (Å²) in [5, 5.41) is 16.7. The van der Waals surface area contributed by atoms with E-state index < -0.39 is 0 Å². The highest BCUT2D eigenvalue weighted by Crippen LogP contribution is 2.23. The fourth-order valence-electron chi connectivity index (χ4n) is 4.69. The number of rotatable bonds is 7. The van der Waals surface area contributed by atoms with Gasteiger partial charge in [0.15, 0.2) is 0 Å². The molecule has 1 aromatic heterocycles. The summed E-state index contributed by atoms with van der Waals surface area (Å²) in [6.07, 6.45) is 7.81. The van der Waals surface area contributed by atoms with Crippen LogP contribution in [-0.4, -0.2) is 51.9 Å². The average molecular weight is 397 g/mol. The van der Waals surface area contributed by atoms with E-state index in [0.29, 0.717) is 12.5 Å². The lowest BCUT2D eigenvalue weighted by Gasteiger charge is -2.32. The van der Waals surface area contributed by atoms with Gasteiger partial charge in [0, 0.05) is 37.0 Å². The number of hydrogen-bond acceptors (Lipinski definition) is 4. The highest BCUT2D eigenvalue weighted by molar-refractivity contribution is 5.94. The first kappa shape index (κ1) is 20.1. The van der Waals surface area contributed by atoms with Crippen LogP contribution in [0, 0.1) is 12.8 Å². The van der Waals surface area contributed by atoms with Crippen molar-refractivity contribution in [2.45, 2.75) is 52.1 Å². The Morgan fingerprint density at radius 3 is 3.00 bits per heavy atom. The van der Waals surface area contributed by atoms with Crippen LogP contribution < -0.4 is 5.32 Å². The SMILES string of the molecule is Cc1nn(CCO)cc1CN1CCCC(CNC(=O)c2ccc3c(c2)CCC3)C1. The molecule has 0 saturated carbocycles. The Balaban J connectivity index is 1.29. The predicted octanol–water partition coefficient (Wildman–Crippen LogP) is 2.31. The summed E-state index contributed by atoms with van der Waals surface area (Å²) in [7, 11) is 0. The maximum absolute atomic E-state index is 12.6. The van der Waals surface area contributed by atoms with Gasteiger partial charge in [0.2, 0.25) is 0 Å². The number of piperidine rings is 1. The van der Waals surface area contributed by atoms with Gasteiger partial charge in [-0.25, -0.2) is 0 Å². The van der Waals surface area contributed by atoms with Crippen molar-refractivity contribution in [3.8, 4) is 0 Å². The van der Waals surface area contributed by atoms with E-state index in [1.807, 2.05) is 23.9 Å². The van der Waals surface area contributed by atoms with Crippen LogP contribution in [0.5, 0.6) is 0 Å². The number of aromatic nitrogens is 2. The fraction of sp³-hybridized carbons (Fsp3) is 0.565. The normalized spacial score (nSPS) is 19.3. The summed E-state index contributed by atoms with van der Waals surface area (Å²) < 4.78 is 1.82. The van der Waals surface area contributed by atoms with Gasteiger partial charge in [0.25, 0.3) is 5.91 Å². The number of carbonyl (C=O) groups excluding carboxylic acids is 1. The van der Waals surface area contributed by atoms with Gasteiger partial charge in [-0.15, -0.1) is 0 Å². The molecule has 6 heteroatoms. The molecule has 4 rings (SSSR count). The van der Waals surface area contributed by atoms with Gasteiger partial charge in [0.1, 0.15) is 0 Å². The zero-order chi connectivity index (χ0) is 20.2. The molecule has 29 heavy (non-hydrogen) atoms.